The molecule has 5 heteroatoms. The number of anilines is 3. The van der Waals surface area contributed by atoms with E-state index in [0.717, 1.165) is 35.9 Å². The quantitative estimate of drug-likeness (QED) is 0.911. The molecule has 0 amide bonds. The Hall–Kier alpha value is -2.61. The molecule has 1 heterocycles. The van der Waals surface area contributed by atoms with Crippen molar-refractivity contribution in [3.8, 4) is 6.07 Å². The van der Waals surface area contributed by atoms with Crippen LogP contribution in [0.2, 0.25) is 0 Å². The van der Waals surface area contributed by atoms with E-state index in [4.69, 9.17) is 5.26 Å². The molecule has 2 aromatic rings. The van der Waals surface area contributed by atoms with Crippen LogP contribution in [0.15, 0.2) is 30.6 Å². The monoisotopic (exact) mass is 281 g/mol. The van der Waals surface area contributed by atoms with Gasteiger partial charge in [0.25, 0.3) is 0 Å². The SMILES string of the molecule is CCCNc1ncnc(N(C)c2cccc(C#N)c2)c1C. The highest BCUT2D eigenvalue weighted by atomic mass is 15.2. The van der Waals surface area contributed by atoms with Crippen LogP contribution < -0.4 is 10.2 Å². The maximum Gasteiger partial charge on any atom is 0.141 e. The maximum atomic E-state index is 9.01. The van der Waals surface area contributed by atoms with Gasteiger partial charge >= 0.3 is 0 Å². The molecule has 0 aliphatic rings. The number of aromatic nitrogens is 2. The number of benzene rings is 1. The van der Waals surface area contributed by atoms with E-state index in [1.807, 2.05) is 37.1 Å². The second-order valence-electron chi connectivity index (χ2n) is 4.82. The lowest BCUT2D eigenvalue weighted by Gasteiger charge is -2.21. The van der Waals surface area contributed by atoms with Gasteiger partial charge in [0.15, 0.2) is 0 Å². The predicted molar refractivity (Wildman–Crippen MR) is 84.8 cm³/mol. The highest BCUT2D eigenvalue weighted by Crippen LogP contribution is 2.27. The average Bonchev–Trinajstić information content (AvgIpc) is 2.53. The zero-order valence-corrected chi connectivity index (χ0v) is 12.6. The smallest absolute Gasteiger partial charge is 0.141 e. The molecule has 0 unspecified atom stereocenters. The van der Waals surface area contributed by atoms with Crippen LogP contribution >= 0.6 is 0 Å². The maximum absolute atomic E-state index is 9.01. The summed E-state index contributed by atoms with van der Waals surface area (Å²) in [5, 5.41) is 12.3. The third kappa shape index (κ3) is 3.29. The molecule has 1 N–H and O–H groups in total. The van der Waals surface area contributed by atoms with Gasteiger partial charge in [0, 0.05) is 24.8 Å². The number of nitrogens with zero attached hydrogens (tertiary/aromatic N) is 4. The lowest BCUT2D eigenvalue weighted by atomic mass is 10.2. The first-order valence-corrected chi connectivity index (χ1v) is 6.96. The highest BCUT2D eigenvalue weighted by molar-refractivity contribution is 5.67. The molecule has 2 rings (SSSR count). The number of nitriles is 1. The Balaban J connectivity index is 2.34. The topological polar surface area (TPSA) is 64.8 Å². The van der Waals surface area contributed by atoms with Gasteiger partial charge in [-0.25, -0.2) is 9.97 Å². The Morgan fingerprint density at radius 3 is 2.86 bits per heavy atom. The summed E-state index contributed by atoms with van der Waals surface area (Å²) in [6.45, 7) is 4.99. The third-order valence-corrected chi connectivity index (χ3v) is 3.28. The Bertz CT molecular complexity index is 660. The van der Waals surface area contributed by atoms with E-state index < -0.39 is 0 Å². The van der Waals surface area contributed by atoms with Crippen molar-refractivity contribution in [2.24, 2.45) is 0 Å². The number of hydrogen-bond donors (Lipinski definition) is 1. The summed E-state index contributed by atoms with van der Waals surface area (Å²) < 4.78 is 0. The Kier molecular flexibility index (Phi) is 4.72. The molecular formula is C16H19N5. The van der Waals surface area contributed by atoms with Gasteiger partial charge < -0.3 is 10.2 Å². The lowest BCUT2D eigenvalue weighted by Crippen LogP contribution is -2.15. The summed E-state index contributed by atoms with van der Waals surface area (Å²) in [5.74, 6) is 1.68. The van der Waals surface area contributed by atoms with E-state index in [1.54, 1.807) is 12.4 Å². The molecule has 0 saturated carbocycles. The van der Waals surface area contributed by atoms with Crippen molar-refractivity contribution in [1.82, 2.24) is 9.97 Å². The van der Waals surface area contributed by atoms with E-state index in [1.165, 1.54) is 0 Å². The van der Waals surface area contributed by atoms with E-state index in [0.29, 0.717) is 5.56 Å². The van der Waals surface area contributed by atoms with Crippen molar-refractivity contribution >= 4 is 17.3 Å². The molecular weight excluding hydrogens is 262 g/mol. The largest absolute Gasteiger partial charge is 0.370 e. The lowest BCUT2D eigenvalue weighted by molar-refractivity contribution is 0.954. The number of hydrogen-bond acceptors (Lipinski definition) is 5. The van der Waals surface area contributed by atoms with Crippen molar-refractivity contribution in [3.05, 3.63) is 41.7 Å². The molecule has 0 fully saturated rings. The molecule has 1 aromatic carbocycles. The molecule has 21 heavy (non-hydrogen) atoms. The minimum absolute atomic E-state index is 0.635. The van der Waals surface area contributed by atoms with Crippen LogP contribution in [0.25, 0.3) is 0 Å². The van der Waals surface area contributed by atoms with E-state index >= 15 is 0 Å². The Labute approximate surface area is 125 Å². The summed E-state index contributed by atoms with van der Waals surface area (Å²) >= 11 is 0. The zero-order valence-electron chi connectivity index (χ0n) is 12.6. The van der Waals surface area contributed by atoms with Gasteiger partial charge in [-0.2, -0.15) is 5.26 Å². The molecule has 0 atom stereocenters. The zero-order chi connectivity index (χ0) is 15.2. The van der Waals surface area contributed by atoms with Crippen LogP contribution in [0.1, 0.15) is 24.5 Å². The first kappa shape index (κ1) is 14.8. The molecule has 0 saturated heterocycles. The van der Waals surface area contributed by atoms with Crippen molar-refractivity contribution in [2.45, 2.75) is 20.3 Å². The molecule has 1 aromatic heterocycles. The minimum atomic E-state index is 0.635. The second kappa shape index (κ2) is 6.71. The molecule has 108 valence electrons. The fourth-order valence-corrected chi connectivity index (χ4v) is 2.11. The van der Waals surface area contributed by atoms with Crippen LogP contribution in [-0.2, 0) is 0 Å². The second-order valence-corrected chi connectivity index (χ2v) is 4.82. The van der Waals surface area contributed by atoms with Gasteiger partial charge in [-0.1, -0.05) is 13.0 Å². The fraction of sp³-hybridized carbons (Fsp3) is 0.312. The number of rotatable bonds is 5. The van der Waals surface area contributed by atoms with E-state index in [-0.39, 0.29) is 0 Å². The highest BCUT2D eigenvalue weighted by Gasteiger charge is 2.12. The first-order valence-electron chi connectivity index (χ1n) is 6.96. The standard InChI is InChI=1S/C16H19N5/c1-4-8-18-15-12(2)16(20-11-19-15)21(3)14-7-5-6-13(9-14)10-17/h5-7,9,11H,4,8H2,1-3H3,(H,18,19,20). The van der Waals surface area contributed by atoms with Crippen molar-refractivity contribution in [3.63, 3.8) is 0 Å². The summed E-state index contributed by atoms with van der Waals surface area (Å²) in [4.78, 5) is 10.6. The predicted octanol–water partition coefficient (Wildman–Crippen LogP) is 3.25. The van der Waals surface area contributed by atoms with E-state index in [9.17, 15) is 0 Å². The van der Waals surface area contributed by atoms with E-state index in [2.05, 4.69) is 28.3 Å². The Morgan fingerprint density at radius 2 is 2.14 bits per heavy atom. The molecule has 0 radical (unpaired) electrons. The van der Waals surface area contributed by atoms with Gasteiger partial charge in [0.05, 0.1) is 11.6 Å². The average molecular weight is 281 g/mol. The number of nitrogens with one attached hydrogen (secondary N) is 1. The van der Waals surface area contributed by atoms with Gasteiger partial charge in [-0.15, -0.1) is 0 Å². The van der Waals surface area contributed by atoms with Crippen molar-refractivity contribution in [2.75, 3.05) is 23.8 Å². The summed E-state index contributed by atoms with van der Waals surface area (Å²) in [7, 11) is 1.94. The van der Waals surface area contributed by atoms with Crippen LogP contribution in [-0.4, -0.2) is 23.6 Å². The Morgan fingerprint density at radius 1 is 1.33 bits per heavy atom. The van der Waals surface area contributed by atoms with Crippen LogP contribution in [0.4, 0.5) is 17.3 Å². The summed E-state index contributed by atoms with van der Waals surface area (Å²) in [6.07, 6.45) is 2.60. The van der Waals surface area contributed by atoms with Gasteiger partial charge in [0.1, 0.15) is 18.0 Å². The summed E-state index contributed by atoms with van der Waals surface area (Å²) in [6, 6.07) is 9.63. The minimum Gasteiger partial charge on any atom is -0.370 e. The van der Waals surface area contributed by atoms with Gasteiger partial charge in [0.2, 0.25) is 0 Å². The molecule has 0 spiro atoms. The van der Waals surface area contributed by atoms with Crippen LogP contribution in [0.5, 0.6) is 0 Å². The molecule has 0 aliphatic carbocycles. The normalized spacial score (nSPS) is 10.0. The third-order valence-electron chi connectivity index (χ3n) is 3.28. The fourth-order valence-electron chi connectivity index (χ4n) is 2.11. The molecule has 5 nitrogen and oxygen atoms in total. The van der Waals surface area contributed by atoms with Crippen LogP contribution in [0, 0.1) is 18.3 Å². The van der Waals surface area contributed by atoms with Crippen LogP contribution in [0.3, 0.4) is 0 Å². The van der Waals surface area contributed by atoms with Crippen molar-refractivity contribution < 1.29 is 0 Å². The summed E-state index contributed by atoms with van der Waals surface area (Å²) in [5.41, 5.74) is 2.56. The van der Waals surface area contributed by atoms with Crippen molar-refractivity contribution in [1.29, 1.82) is 5.26 Å². The molecule has 0 bridgehead atoms. The molecule has 0 aliphatic heterocycles. The van der Waals surface area contributed by atoms with Gasteiger partial charge in [-0.3, -0.25) is 0 Å². The first-order chi connectivity index (χ1) is 10.2. The van der Waals surface area contributed by atoms with Gasteiger partial charge in [-0.05, 0) is 31.5 Å².